The maximum Gasteiger partial charge on any atom is 0.129 e. The van der Waals surface area contributed by atoms with E-state index in [1.165, 1.54) is 6.07 Å². The molecule has 0 fully saturated rings. The Labute approximate surface area is 108 Å². The molecule has 0 bridgehead atoms. The van der Waals surface area contributed by atoms with Crippen molar-refractivity contribution >= 4 is 11.6 Å². The summed E-state index contributed by atoms with van der Waals surface area (Å²) in [5.74, 6) is -0.251. The van der Waals surface area contributed by atoms with Crippen LogP contribution in [0.15, 0.2) is 18.2 Å². The van der Waals surface area contributed by atoms with Gasteiger partial charge in [0.05, 0.1) is 0 Å². The highest BCUT2D eigenvalue weighted by Crippen LogP contribution is 2.14. The Morgan fingerprint density at radius 1 is 1.41 bits per heavy atom. The molecule has 2 N–H and O–H groups in total. The van der Waals surface area contributed by atoms with Gasteiger partial charge in [-0.05, 0) is 32.0 Å². The lowest BCUT2D eigenvalue weighted by molar-refractivity contribution is 0.491. The molecule has 0 heterocycles. The predicted molar refractivity (Wildman–Crippen MR) is 70.9 cm³/mol. The lowest BCUT2D eigenvalue weighted by Gasteiger charge is -2.14. The number of hydrogen-bond donors (Lipinski definition) is 2. The fraction of sp³-hybridized carbons (Fsp3) is 0.538. The van der Waals surface area contributed by atoms with Gasteiger partial charge in [-0.3, -0.25) is 0 Å². The molecule has 0 saturated carbocycles. The van der Waals surface area contributed by atoms with Crippen molar-refractivity contribution < 1.29 is 4.39 Å². The minimum Gasteiger partial charge on any atom is -0.315 e. The molecule has 2 nitrogen and oxygen atoms in total. The van der Waals surface area contributed by atoms with Gasteiger partial charge < -0.3 is 10.6 Å². The largest absolute Gasteiger partial charge is 0.315 e. The van der Waals surface area contributed by atoms with Crippen LogP contribution in [-0.2, 0) is 6.54 Å². The van der Waals surface area contributed by atoms with Crippen molar-refractivity contribution in [3.63, 3.8) is 0 Å². The highest BCUT2D eigenvalue weighted by molar-refractivity contribution is 6.30. The first-order valence-corrected chi connectivity index (χ1v) is 6.39. The maximum atomic E-state index is 13.5. The van der Waals surface area contributed by atoms with Gasteiger partial charge in [0.1, 0.15) is 5.82 Å². The van der Waals surface area contributed by atoms with E-state index in [0.29, 0.717) is 23.2 Å². The third kappa shape index (κ3) is 5.48. The van der Waals surface area contributed by atoms with Gasteiger partial charge in [0.2, 0.25) is 0 Å². The second-order valence-electron chi connectivity index (χ2n) is 4.22. The van der Waals surface area contributed by atoms with Gasteiger partial charge in [-0.2, -0.15) is 0 Å². The molecule has 0 spiro atoms. The summed E-state index contributed by atoms with van der Waals surface area (Å²) in [5.41, 5.74) is 0.650. The molecule has 0 saturated heterocycles. The molecule has 4 heteroatoms. The van der Waals surface area contributed by atoms with Gasteiger partial charge in [-0.25, -0.2) is 4.39 Å². The van der Waals surface area contributed by atoms with Crippen LogP contribution in [0.25, 0.3) is 0 Å². The average molecular weight is 259 g/mol. The van der Waals surface area contributed by atoms with E-state index in [-0.39, 0.29) is 5.82 Å². The van der Waals surface area contributed by atoms with Crippen LogP contribution >= 0.6 is 11.6 Å². The van der Waals surface area contributed by atoms with Crippen LogP contribution in [0.4, 0.5) is 4.39 Å². The van der Waals surface area contributed by atoms with Crippen molar-refractivity contribution in [2.24, 2.45) is 0 Å². The van der Waals surface area contributed by atoms with E-state index in [0.717, 1.165) is 19.5 Å². The van der Waals surface area contributed by atoms with Crippen LogP contribution in [0.2, 0.25) is 5.02 Å². The highest BCUT2D eigenvalue weighted by atomic mass is 35.5. The normalized spacial score (nSPS) is 12.7. The Bertz CT molecular complexity index is 344. The Morgan fingerprint density at radius 3 is 2.82 bits per heavy atom. The molecular formula is C13H20ClFN2. The highest BCUT2D eigenvalue weighted by Gasteiger charge is 2.05. The lowest BCUT2D eigenvalue weighted by atomic mass is 10.2. The van der Waals surface area contributed by atoms with Crippen LogP contribution in [-0.4, -0.2) is 19.1 Å². The van der Waals surface area contributed by atoms with Crippen molar-refractivity contribution in [2.45, 2.75) is 32.9 Å². The summed E-state index contributed by atoms with van der Waals surface area (Å²) in [5, 5.41) is 7.02. The van der Waals surface area contributed by atoms with E-state index < -0.39 is 0 Å². The van der Waals surface area contributed by atoms with Crippen LogP contribution in [0.5, 0.6) is 0 Å². The molecule has 1 unspecified atom stereocenters. The third-order valence-corrected chi connectivity index (χ3v) is 2.77. The summed E-state index contributed by atoms with van der Waals surface area (Å²) in [4.78, 5) is 0. The second-order valence-corrected chi connectivity index (χ2v) is 4.66. The fourth-order valence-electron chi connectivity index (χ4n) is 1.52. The summed E-state index contributed by atoms with van der Waals surface area (Å²) in [6.45, 7) is 6.65. The zero-order valence-corrected chi connectivity index (χ0v) is 11.1. The zero-order chi connectivity index (χ0) is 12.7. The first-order valence-electron chi connectivity index (χ1n) is 6.01. The Balaban J connectivity index is 2.34. The van der Waals surface area contributed by atoms with Crippen LogP contribution in [0, 0.1) is 5.82 Å². The molecule has 1 aromatic carbocycles. The van der Waals surface area contributed by atoms with E-state index in [2.05, 4.69) is 24.5 Å². The molecule has 1 rings (SSSR count). The molecule has 0 aliphatic heterocycles. The number of halogens is 2. The third-order valence-electron chi connectivity index (χ3n) is 2.53. The molecule has 0 aliphatic rings. The Kier molecular flexibility index (Phi) is 6.48. The van der Waals surface area contributed by atoms with Crippen molar-refractivity contribution in [2.75, 3.05) is 13.1 Å². The number of rotatable bonds is 7. The van der Waals surface area contributed by atoms with Crippen molar-refractivity contribution in [3.8, 4) is 0 Å². The number of nitrogens with one attached hydrogen (secondary N) is 2. The summed E-state index contributed by atoms with van der Waals surface area (Å²) in [7, 11) is 0. The molecule has 1 aromatic rings. The summed E-state index contributed by atoms with van der Waals surface area (Å²) in [6.07, 6.45) is 1.12. The van der Waals surface area contributed by atoms with E-state index in [9.17, 15) is 4.39 Å². The van der Waals surface area contributed by atoms with Gasteiger partial charge in [0.15, 0.2) is 0 Å². The van der Waals surface area contributed by atoms with Crippen LogP contribution < -0.4 is 10.6 Å². The minimum absolute atomic E-state index is 0.251. The molecule has 0 aromatic heterocycles. The minimum atomic E-state index is -0.251. The van der Waals surface area contributed by atoms with E-state index in [4.69, 9.17) is 11.6 Å². The number of hydrogen-bond acceptors (Lipinski definition) is 2. The Hall–Kier alpha value is -0.640. The van der Waals surface area contributed by atoms with Gasteiger partial charge >= 0.3 is 0 Å². The van der Waals surface area contributed by atoms with Gasteiger partial charge in [-0.1, -0.05) is 24.6 Å². The quantitative estimate of drug-likeness (QED) is 0.735. The monoisotopic (exact) mass is 258 g/mol. The fourth-order valence-corrected chi connectivity index (χ4v) is 1.68. The average Bonchev–Trinajstić information content (AvgIpc) is 2.28. The molecule has 0 amide bonds. The first kappa shape index (κ1) is 14.4. The lowest BCUT2D eigenvalue weighted by Crippen LogP contribution is -2.36. The summed E-state index contributed by atoms with van der Waals surface area (Å²) < 4.78 is 13.5. The summed E-state index contributed by atoms with van der Waals surface area (Å²) >= 11 is 5.69. The van der Waals surface area contributed by atoms with Gasteiger partial charge in [0.25, 0.3) is 0 Å². The molecular weight excluding hydrogens is 239 g/mol. The predicted octanol–water partition coefficient (Wildman–Crippen LogP) is 2.96. The molecule has 0 aliphatic carbocycles. The SMILES string of the molecule is CCCNCC(C)NCc1ccc(Cl)cc1F. The Morgan fingerprint density at radius 2 is 2.18 bits per heavy atom. The van der Waals surface area contributed by atoms with Crippen molar-refractivity contribution in [1.82, 2.24) is 10.6 Å². The second kappa shape index (κ2) is 7.64. The van der Waals surface area contributed by atoms with Crippen molar-refractivity contribution in [1.29, 1.82) is 0 Å². The van der Waals surface area contributed by atoms with Gasteiger partial charge in [-0.15, -0.1) is 0 Å². The molecule has 96 valence electrons. The smallest absolute Gasteiger partial charge is 0.129 e. The maximum absolute atomic E-state index is 13.5. The van der Waals surface area contributed by atoms with E-state index in [1.807, 2.05) is 0 Å². The molecule has 1 atom stereocenters. The van der Waals surface area contributed by atoms with Crippen molar-refractivity contribution in [3.05, 3.63) is 34.6 Å². The van der Waals surface area contributed by atoms with E-state index >= 15 is 0 Å². The van der Waals surface area contributed by atoms with Crippen LogP contribution in [0.3, 0.4) is 0 Å². The molecule has 0 radical (unpaired) electrons. The zero-order valence-electron chi connectivity index (χ0n) is 10.4. The first-order chi connectivity index (χ1) is 8.13. The standard InChI is InChI=1S/C13H20ClFN2/c1-3-6-16-8-10(2)17-9-11-4-5-12(14)7-13(11)15/h4-5,7,10,16-17H,3,6,8-9H2,1-2H3. The van der Waals surface area contributed by atoms with Crippen LogP contribution in [0.1, 0.15) is 25.8 Å². The molecule has 17 heavy (non-hydrogen) atoms. The summed E-state index contributed by atoms with van der Waals surface area (Å²) in [6, 6.07) is 5.09. The van der Waals surface area contributed by atoms with E-state index in [1.54, 1.807) is 12.1 Å². The topological polar surface area (TPSA) is 24.1 Å². The number of benzene rings is 1. The van der Waals surface area contributed by atoms with Gasteiger partial charge in [0, 0.05) is 29.7 Å².